The summed E-state index contributed by atoms with van der Waals surface area (Å²) in [6.07, 6.45) is 0. The van der Waals surface area contributed by atoms with Gasteiger partial charge in [0.15, 0.2) is 10.9 Å². The smallest absolute Gasteiger partial charge is 0.187 e. The van der Waals surface area contributed by atoms with Crippen LogP contribution in [-0.4, -0.2) is 10.8 Å². The molecule has 0 saturated heterocycles. The molecule has 0 fully saturated rings. The van der Waals surface area contributed by atoms with Crippen LogP contribution < -0.4 is 5.32 Å². The fraction of sp³-hybridized carbons (Fsp3) is 0.0588. The van der Waals surface area contributed by atoms with Crippen molar-refractivity contribution in [2.45, 2.75) is 6.92 Å². The first-order valence-corrected chi connectivity index (χ1v) is 7.70. The average Bonchev–Trinajstić information content (AvgIpc) is 2.95. The van der Waals surface area contributed by atoms with Crippen LogP contribution in [0.15, 0.2) is 47.8 Å². The van der Waals surface area contributed by atoms with E-state index in [9.17, 15) is 13.6 Å². The van der Waals surface area contributed by atoms with Gasteiger partial charge < -0.3 is 5.32 Å². The molecule has 0 spiro atoms. The largest absolute Gasteiger partial charge is 0.332 e. The Kier molecular flexibility index (Phi) is 4.16. The number of carbonyl (C=O) groups is 1. The van der Waals surface area contributed by atoms with Gasteiger partial charge in [-0.2, -0.15) is 0 Å². The molecule has 0 atom stereocenters. The highest BCUT2D eigenvalue weighted by Crippen LogP contribution is 2.29. The SMILES string of the molecule is CC(=O)c1cccc(Nc2nc(-c3ccc(F)cc3F)cs2)c1. The monoisotopic (exact) mass is 330 g/mol. The fourth-order valence-corrected chi connectivity index (χ4v) is 2.82. The number of nitrogens with zero attached hydrogens (tertiary/aromatic N) is 1. The van der Waals surface area contributed by atoms with Crippen LogP contribution in [0, 0.1) is 11.6 Å². The Labute approximate surface area is 135 Å². The van der Waals surface area contributed by atoms with Gasteiger partial charge in [-0.05, 0) is 31.2 Å². The predicted molar refractivity (Wildman–Crippen MR) is 87.2 cm³/mol. The molecule has 0 amide bonds. The highest BCUT2D eigenvalue weighted by molar-refractivity contribution is 7.14. The first-order valence-electron chi connectivity index (χ1n) is 6.82. The van der Waals surface area contributed by atoms with Crippen LogP contribution in [0.2, 0.25) is 0 Å². The van der Waals surface area contributed by atoms with Gasteiger partial charge in [0.1, 0.15) is 11.6 Å². The molecular weight excluding hydrogens is 318 g/mol. The molecule has 3 nitrogen and oxygen atoms in total. The second-order valence-corrected chi connectivity index (χ2v) is 5.78. The van der Waals surface area contributed by atoms with Crippen LogP contribution in [0.1, 0.15) is 17.3 Å². The summed E-state index contributed by atoms with van der Waals surface area (Å²) in [4.78, 5) is 15.7. The number of ketones is 1. The van der Waals surface area contributed by atoms with Gasteiger partial charge in [0.2, 0.25) is 0 Å². The summed E-state index contributed by atoms with van der Waals surface area (Å²) in [6, 6.07) is 10.4. The van der Waals surface area contributed by atoms with E-state index in [-0.39, 0.29) is 11.3 Å². The number of halogens is 2. The molecule has 0 aliphatic heterocycles. The van der Waals surface area contributed by atoms with Crippen molar-refractivity contribution in [1.29, 1.82) is 0 Å². The molecule has 1 heterocycles. The maximum absolute atomic E-state index is 13.8. The van der Waals surface area contributed by atoms with Crippen molar-refractivity contribution in [2.75, 3.05) is 5.32 Å². The Balaban J connectivity index is 1.85. The Morgan fingerprint density at radius 1 is 1.17 bits per heavy atom. The van der Waals surface area contributed by atoms with E-state index in [1.54, 1.807) is 23.6 Å². The number of nitrogens with one attached hydrogen (secondary N) is 1. The minimum atomic E-state index is -0.652. The first kappa shape index (κ1) is 15.3. The third kappa shape index (κ3) is 3.43. The van der Waals surface area contributed by atoms with E-state index in [4.69, 9.17) is 0 Å². The average molecular weight is 330 g/mol. The molecule has 0 radical (unpaired) electrons. The van der Waals surface area contributed by atoms with E-state index in [1.165, 1.54) is 30.4 Å². The van der Waals surface area contributed by atoms with Crippen molar-refractivity contribution >= 4 is 27.9 Å². The number of thiazole rings is 1. The number of hydrogen-bond donors (Lipinski definition) is 1. The van der Waals surface area contributed by atoms with E-state index in [2.05, 4.69) is 10.3 Å². The summed E-state index contributed by atoms with van der Waals surface area (Å²) < 4.78 is 26.7. The van der Waals surface area contributed by atoms with Gasteiger partial charge in [-0.25, -0.2) is 13.8 Å². The molecule has 1 aromatic heterocycles. The van der Waals surface area contributed by atoms with Crippen LogP contribution in [0.5, 0.6) is 0 Å². The zero-order valence-corrected chi connectivity index (χ0v) is 13.0. The van der Waals surface area contributed by atoms with Gasteiger partial charge in [0, 0.05) is 28.3 Å². The van der Waals surface area contributed by atoms with Crippen molar-refractivity contribution in [3.63, 3.8) is 0 Å². The number of hydrogen-bond acceptors (Lipinski definition) is 4. The number of benzene rings is 2. The number of aromatic nitrogens is 1. The highest BCUT2D eigenvalue weighted by atomic mass is 32.1. The maximum Gasteiger partial charge on any atom is 0.187 e. The van der Waals surface area contributed by atoms with Crippen molar-refractivity contribution in [3.05, 3.63) is 65.0 Å². The fourth-order valence-electron chi connectivity index (χ4n) is 2.09. The Bertz CT molecular complexity index is 877. The number of carbonyl (C=O) groups excluding carboxylic acids is 1. The quantitative estimate of drug-likeness (QED) is 0.682. The Morgan fingerprint density at radius 3 is 2.74 bits per heavy atom. The zero-order chi connectivity index (χ0) is 16.4. The second kappa shape index (κ2) is 6.26. The summed E-state index contributed by atoms with van der Waals surface area (Å²) in [5.41, 5.74) is 1.99. The van der Waals surface area contributed by atoms with Gasteiger partial charge >= 0.3 is 0 Å². The van der Waals surface area contributed by atoms with Crippen LogP contribution in [0.4, 0.5) is 19.6 Å². The predicted octanol–water partition coefficient (Wildman–Crippen LogP) is 5.03. The Hall–Kier alpha value is -2.60. The van der Waals surface area contributed by atoms with Crippen molar-refractivity contribution in [1.82, 2.24) is 4.98 Å². The van der Waals surface area contributed by atoms with Gasteiger partial charge in [-0.1, -0.05) is 12.1 Å². The summed E-state index contributed by atoms with van der Waals surface area (Å²) in [6.45, 7) is 1.50. The number of rotatable bonds is 4. The number of Topliss-reactive ketones (excluding diaryl/α,β-unsaturated/α-hetero) is 1. The summed E-state index contributed by atoms with van der Waals surface area (Å²) in [7, 11) is 0. The van der Waals surface area contributed by atoms with Crippen molar-refractivity contribution in [3.8, 4) is 11.3 Å². The molecule has 3 aromatic rings. The molecule has 2 aromatic carbocycles. The second-order valence-electron chi connectivity index (χ2n) is 4.92. The minimum absolute atomic E-state index is 0.0261. The summed E-state index contributed by atoms with van der Waals surface area (Å²) in [5.74, 6) is -1.30. The lowest BCUT2D eigenvalue weighted by atomic mass is 10.1. The lowest BCUT2D eigenvalue weighted by Gasteiger charge is -2.04. The molecule has 0 unspecified atom stereocenters. The lowest BCUT2D eigenvalue weighted by Crippen LogP contribution is -1.95. The molecular formula is C17H12F2N2OS. The third-order valence-corrected chi connectivity index (χ3v) is 3.99. The number of anilines is 2. The van der Waals surface area contributed by atoms with Crippen LogP contribution in [0.3, 0.4) is 0 Å². The third-order valence-electron chi connectivity index (χ3n) is 3.23. The normalized spacial score (nSPS) is 10.6. The van der Waals surface area contributed by atoms with Crippen molar-refractivity contribution in [2.24, 2.45) is 0 Å². The van der Waals surface area contributed by atoms with Crippen LogP contribution in [-0.2, 0) is 0 Å². The topological polar surface area (TPSA) is 42.0 Å². The van der Waals surface area contributed by atoms with Gasteiger partial charge in [-0.3, -0.25) is 4.79 Å². The van der Waals surface area contributed by atoms with E-state index in [0.717, 1.165) is 11.8 Å². The summed E-state index contributed by atoms with van der Waals surface area (Å²) >= 11 is 1.30. The van der Waals surface area contributed by atoms with Gasteiger partial charge in [-0.15, -0.1) is 11.3 Å². The van der Waals surface area contributed by atoms with E-state index in [0.29, 0.717) is 16.4 Å². The van der Waals surface area contributed by atoms with Crippen LogP contribution >= 0.6 is 11.3 Å². The molecule has 0 aliphatic rings. The molecule has 0 aliphatic carbocycles. The zero-order valence-electron chi connectivity index (χ0n) is 12.1. The standard InChI is InChI=1S/C17H12F2N2OS/c1-10(22)11-3-2-4-13(7-11)20-17-21-16(9-23-17)14-6-5-12(18)8-15(14)19/h2-9H,1H3,(H,20,21). The molecule has 23 heavy (non-hydrogen) atoms. The first-order chi connectivity index (χ1) is 11.0. The molecule has 0 bridgehead atoms. The highest BCUT2D eigenvalue weighted by Gasteiger charge is 2.11. The molecule has 6 heteroatoms. The van der Waals surface area contributed by atoms with E-state index in [1.807, 2.05) is 6.07 Å². The van der Waals surface area contributed by atoms with Crippen LogP contribution in [0.25, 0.3) is 11.3 Å². The maximum atomic E-state index is 13.8. The van der Waals surface area contributed by atoms with E-state index < -0.39 is 11.6 Å². The lowest BCUT2D eigenvalue weighted by molar-refractivity contribution is 0.101. The molecule has 0 saturated carbocycles. The van der Waals surface area contributed by atoms with Crippen molar-refractivity contribution < 1.29 is 13.6 Å². The molecule has 3 rings (SSSR count). The molecule has 1 N–H and O–H groups in total. The van der Waals surface area contributed by atoms with E-state index >= 15 is 0 Å². The summed E-state index contributed by atoms with van der Waals surface area (Å²) in [5, 5.41) is 5.33. The van der Waals surface area contributed by atoms with Gasteiger partial charge in [0.05, 0.1) is 5.69 Å². The van der Waals surface area contributed by atoms with Gasteiger partial charge in [0.25, 0.3) is 0 Å². The molecule has 116 valence electrons. The Morgan fingerprint density at radius 2 is 2.00 bits per heavy atom. The minimum Gasteiger partial charge on any atom is -0.332 e.